The summed E-state index contributed by atoms with van der Waals surface area (Å²) in [4.78, 5) is 0. The van der Waals surface area contributed by atoms with Crippen LogP contribution in [0, 0.1) is 6.92 Å². The minimum absolute atomic E-state index is 0.477. The molecule has 2 rings (SSSR count). The van der Waals surface area contributed by atoms with E-state index < -0.39 is 0 Å². The number of nitrogens with zero attached hydrogens (tertiary/aromatic N) is 2. The number of hydrogen-bond donors (Lipinski definition) is 1. The SMILES string of the molecule is CSC1(CNCc2nonc2C)CCC1. The quantitative estimate of drug-likeness (QED) is 0.830. The van der Waals surface area contributed by atoms with E-state index in [1.807, 2.05) is 18.7 Å². The Hall–Kier alpha value is -0.550. The molecule has 0 spiro atoms. The van der Waals surface area contributed by atoms with Gasteiger partial charge in [-0.2, -0.15) is 11.8 Å². The van der Waals surface area contributed by atoms with Crippen molar-refractivity contribution in [3.05, 3.63) is 11.4 Å². The van der Waals surface area contributed by atoms with Crippen LogP contribution in [0.25, 0.3) is 0 Å². The topological polar surface area (TPSA) is 51.0 Å². The van der Waals surface area contributed by atoms with Crippen molar-refractivity contribution in [2.24, 2.45) is 0 Å². The summed E-state index contributed by atoms with van der Waals surface area (Å²) in [6.45, 7) is 3.74. The molecule has 5 heteroatoms. The van der Waals surface area contributed by atoms with E-state index in [4.69, 9.17) is 0 Å². The molecule has 4 nitrogen and oxygen atoms in total. The minimum atomic E-state index is 0.477. The highest BCUT2D eigenvalue weighted by molar-refractivity contribution is 8.00. The Labute approximate surface area is 94.2 Å². The minimum Gasteiger partial charge on any atom is -0.310 e. The maximum Gasteiger partial charge on any atom is 0.121 e. The third-order valence-corrected chi connectivity index (χ3v) is 4.60. The maximum absolute atomic E-state index is 4.65. The van der Waals surface area contributed by atoms with Gasteiger partial charge in [-0.15, -0.1) is 0 Å². The lowest BCUT2D eigenvalue weighted by Gasteiger charge is -2.40. The van der Waals surface area contributed by atoms with Crippen LogP contribution in [-0.4, -0.2) is 27.9 Å². The van der Waals surface area contributed by atoms with Gasteiger partial charge in [0.1, 0.15) is 11.4 Å². The van der Waals surface area contributed by atoms with Crippen molar-refractivity contribution in [3.63, 3.8) is 0 Å². The molecular formula is C10H17N3OS. The van der Waals surface area contributed by atoms with Crippen molar-refractivity contribution in [1.29, 1.82) is 0 Å². The number of rotatable bonds is 5. The Morgan fingerprint density at radius 2 is 2.27 bits per heavy atom. The number of aryl methyl sites for hydroxylation is 1. The molecule has 0 aliphatic heterocycles. The first-order valence-electron chi connectivity index (χ1n) is 5.30. The van der Waals surface area contributed by atoms with E-state index in [1.54, 1.807) is 0 Å². The van der Waals surface area contributed by atoms with Crippen LogP contribution in [0.4, 0.5) is 0 Å². The molecule has 0 saturated heterocycles. The molecule has 0 radical (unpaired) electrons. The predicted molar refractivity (Wildman–Crippen MR) is 60.8 cm³/mol. The second-order valence-corrected chi connectivity index (χ2v) is 5.41. The third kappa shape index (κ3) is 2.34. The normalized spacial score (nSPS) is 18.8. The molecule has 1 aliphatic rings. The molecule has 1 saturated carbocycles. The van der Waals surface area contributed by atoms with Gasteiger partial charge in [-0.1, -0.05) is 16.7 Å². The van der Waals surface area contributed by atoms with Gasteiger partial charge in [-0.25, -0.2) is 4.63 Å². The maximum atomic E-state index is 4.65. The first kappa shape index (κ1) is 11.0. The molecule has 1 N–H and O–H groups in total. The lowest BCUT2D eigenvalue weighted by Crippen LogP contribution is -2.43. The van der Waals surface area contributed by atoms with E-state index >= 15 is 0 Å². The fourth-order valence-electron chi connectivity index (χ4n) is 1.84. The Bertz CT molecular complexity index is 317. The number of aromatic nitrogens is 2. The van der Waals surface area contributed by atoms with E-state index in [-0.39, 0.29) is 0 Å². The molecule has 1 aliphatic carbocycles. The van der Waals surface area contributed by atoms with Gasteiger partial charge in [-0.3, -0.25) is 0 Å². The highest BCUT2D eigenvalue weighted by Crippen LogP contribution is 2.42. The van der Waals surface area contributed by atoms with Crippen LogP contribution in [0.5, 0.6) is 0 Å². The molecule has 84 valence electrons. The van der Waals surface area contributed by atoms with Gasteiger partial charge in [0, 0.05) is 17.8 Å². The van der Waals surface area contributed by atoms with E-state index in [1.165, 1.54) is 19.3 Å². The van der Waals surface area contributed by atoms with Gasteiger partial charge in [-0.05, 0) is 26.0 Å². The zero-order chi connectivity index (χ0) is 10.7. The van der Waals surface area contributed by atoms with Gasteiger partial charge in [0.2, 0.25) is 0 Å². The average molecular weight is 227 g/mol. The summed E-state index contributed by atoms with van der Waals surface area (Å²) in [6, 6.07) is 0. The lowest BCUT2D eigenvalue weighted by molar-refractivity contribution is 0.298. The number of nitrogens with one attached hydrogen (secondary N) is 1. The summed E-state index contributed by atoms with van der Waals surface area (Å²) in [6.07, 6.45) is 6.23. The summed E-state index contributed by atoms with van der Waals surface area (Å²) in [5.74, 6) is 0. The largest absolute Gasteiger partial charge is 0.310 e. The smallest absolute Gasteiger partial charge is 0.121 e. The van der Waals surface area contributed by atoms with Crippen LogP contribution in [-0.2, 0) is 6.54 Å². The summed E-state index contributed by atoms with van der Waals surface area (Å²) >= 11 is 1.98. The zero-order valence-corrected chi connectivity index (χ0v) is 10.1. The molecule has 0 atom stereocenters. The molecule has 0 unspecified atom stereocenters. The van der Waals surface area contributed by atoms with Crippen molar-refractivity contribution >= 4 is 11.8 Å². The van der Waals surface area contributed by atoms with Crippen molar-refractivity contribution in [3.8, 4) is 0 Å². The Morgan fingerprint density at radius 1 is 1.47 bits per heavy atom. The fourth-order valence-corrected chi connectivity index (χ4v) is 2.79. The van der Waals surface area contributed by atoms with Crippen LogP contribution in [0.1, 0.15) is 30.7 Å². The molecule has 0 amide bonds. The van der Waals surface area contributed by atoms with E-state index in [9.17, 15) is 0 Å². The molecule has 1 aromatic heterocycles. The average Bonchev–Trinajstić information content (AvgIpc) is 2.57. The highest BCUT2D eigenvalue weighted by Gasteiger charge is 2.35. The fraction of sp³-hybridized carbons (Fsp3) is 0.800. The van der Waals surface area contributed by atoms with Gasteiger partial charge in [0.05, 0.1) is 0 Å². The predicted octanol–water partition coefficient (Wildman–Crippen LogP) is 1.75. The molecule has 1 fully saturated rings. The van der Waals surface area contributed by atoms with Gasteiger partial charge < -0.3 is 5.32 Å². The first-order valence-corrected chi connectivity index (χ1v) is 6.52. The van der Waals surface area contributed by atoms with Crippen molar-refractivity contribution in [2.45, 2.75) is 37.5 Å². The van der Waals surface area contributed by atoms with Gasteiger partial charge >= 0.3 is 0 Å². The molecule has 1 heterocycles. The van der Waals surface area contributed by atoms with Crippen LogP contribution in [0.2, 0.25) is 0 Å². The molecular weight excluding hydrogens is 210 g/mol. The monoisotopic (exact) mass is 227 g/mol. The summed E-state index contributed by atoms with van der Waals surface area (Å²) in [5, 5.41) is 11.0. The van der Waals surface area contributed by atoms with Crippen molar-refractivity contribution in [2.75, 3.05) is 12.8 Å². The van der Waals surface area contributed by atoms with Gasteiger partial charge in [0.15, 0.2) is 0 Å². The van der Waals surface area contributed by atoms with E-state index in [2.05, 4.69) is 26.5 Å². The van der Waals surface area contributed by atoms with E-state index in [0.29, 0.717) is 4.75 Å². The standard InChI is InChI=1S/C10H17N3OS/c1-8-9(13-14-12-8)6-11-7-10(15-2)4-3-5-10/h11H,3-7H2,1-2H3. The number of thioether (sulfide) groups is 1. The first-order chi connectivity index (χ1) is 7.26. The molecule has 1 aromatic rings. The van der Waals surface area contributed by atoms with Crippen LogP contribution in [0.3, 0.4) is 0 Å². The summed E-state index contributed by atoms with van der Waals surface area (Å²) in [5.41, 5.74) is 1.81. The summed E-state index contributed by atoms with van der Waals surface area (Å²) in [7, 11) is 0. The van der Waals surface area contributed by atoms with Crippen LogP contribution < -0.4 is 5.32 Å². The Morgan fingerprint density at radius 3 is 2.73 bits per heavy atom. The Kier molecular flexibility index (Phi) is 3.31. The zero-order valence-electron chi connectivity index (χ0n) is 9.25. The van der Waals surface area contributed by atoms with Gasteiger partial charge in [0.25, 0.3) is 0 Å². The molecule has 15 heavy (non-hydrogen) atoms. The van der Waals surface area contributed by atoms with Crippen LogP contribution >= 0.6 is 11.8 Å². The summed E-state index contributed by atoms with van der Waals surface area (Å²) < 4.78 is 5.13. The second kappa shape index (κ2) is 4.53. The highest BCUT2D eigenvalue weighted by atomic mass is 32.2. The number of hydrogen-bond acceptors (Lipinski definition) is 5. The van der Waals surface area contributed by atoms with Crippen molar-refractivity contribution < 1.29 is 4.63 Å². The Balaban J connectivity index is 1.77. The lowest BCUT2D eigenvalue weighted by atomic mass is 9.84. The van der Waals surface area contributed by atoms with E-state index in [0.717, 1.165) is 24.5 Å². The van der Waals surface area contributed by atoms with Crippen molar-refractivity contribution in [1.82, 2.24) is 15.6 Å². The third-order valence-electron chi connectivity index (χ3n) is 3.18. The molecule has 0 bridgehead atoms. The molecule has 0 aromatic carbocycles. The second-order valence-electron chi connectivity index (χ2n) is 4.14. The van der Waals surface area contributed by atoms with Crippen LogP contribution in [0.15, 0.2) is 4.63 Å².